The molecule has 0 aliphatic carbocycles. The first kappa shape index (κ1) is 14.6. The summed E-state index contributed by atoms with van der Waals surface area (Å²) in [6, 6.07) is 8.66. The third-order valence-corrected chi connectivity index (χ3v) is 4.57. The molecule has 1 saturated heterocycles. The van der Waals surface area contributed by atoms with Crippen LogP contribution in [0, 0.1) is 6.92 Å². The molecule has 0 bridgehead atoms. The molecule has 0 radical (unpaired) electrons. The average molecular weight is 351 g/mol. The minimum Gasteiger partial charge on any atom is -0.496 e. The van der Waals surface area contributed by atoms with E-state index < -0.39 is 0 Å². The second-order valence-electron chi connectivity index (χ2n) is 5.46. The summed E-state index contributed by atoms with van der Waals surface area (Å²) in [4.78, 5) is 2.46. The van der Waals surface area contributed by atoms with Crippen LogP contribution in [-0.2, 0) is 6.54 Å². The van der Waals surface area contributed by atoms with Crippen molar-refractivity contribution in [2.24, 2.45) is 0 Å². The standard InChI is InChI=1S/C16H19BrN2O2/c1-11-8-14(18-21-11)15-4-3-7-19(15)10-12-5-6-16(20-2)13(17)9-12/h5-6,8-9,15H,3-4,7,10H2,1-2H3. The molecule has 1 aliphatic heterocycles. The van der Waals surface area contributed by atoms with Crippen LogP contribution >= 0.6 is 15.9 Å². The Morgan fingerprint density at radius 1 is 1.43 bits per heavy atom. The SMILES string of the molecule is COc1ccc(CN2CCCC2c2cc(C)on2)cc1Br. The van der Waals surface area contributed by atoms with Gasteiger partial charge in [0.2, 0.25) is 0 Å². The van der Waals surface area contributed by atoms with Crippen LogP contribution in [0.15, 0.2) is 33.3 Å². The van der Waals surface area contributed by atoms with E-state index in [2.05, 4.69) is 38.1 Å². The molecule has 0 saturated carbocycles. The van der Waals surface area contributed by atoms with Crippen LogP contribution in [0.1, 0.15) is 35.9 Å². The number of likely N-dealkylation sites (tertiary alicyclic amines) is 1. The molecule has 1 atom stereocenters. The lowest BCUT2D eigenvalue weighted by Gasteiger charge is -2.22. The first-order valence-electron chi connectivity index (χ1n) is 7.17. The predicted molar refractivity (Wildman–Crippen MR) is 84.3 cm³/mol. The molecule has 5 heteroatoms. The Hall–Kier alpha value is -1.33. The molecule has 2 heterocycles. The maximum absolute atomic E-state index is 5.28. The van der Waals surface area contributed by atoms with Crippen LogP contribution in [-0.4, -0.2) is 23.7 Å². The zero-order valence-corrected chi connectivity index (χ0v) is 13.9. The molecule has 112 valence electrons. The van der Waals surface area contributed by atoms with Gasteiger partial charge in [0.05, 0.1) is 17.6 Å². The van der Waals surface area contributed by atoms with E-state index in [1.807, 2.05) is 19.1 Å². The van der Waals surface area contributed by atoms with Gasteiger partial charge in [-0.05, 0) is 59.9 Å². The van der Waals surface area contributed by atoms with Crippen molar-refractivity contribution < 1.29 is 9.26 Å². The van der Waals surface area contributed by atoms with Crippen molar-refractivity contribution >= 4 is 15.9 Å². The number of hydrogen-bond acceptors (Lipinski definition) is 4. The summed E-state index contributed by atoms with van der Waals surface area (Å²) in [6.07, 6.45) is 2.34. The number of ether oxygens (including phenoxy) is 1. The van der Waals surface area contributed by atoms with Crippen molar-refractivity contribution in [1.82, 2.24) is 10.1 Å². The molecule has 3 rings (SSSR count). The van der Waals surface area contributed by atoms with E-state index in [-0.39, 0.29) is 0 Å². The van der Waals surface area contributed by atoms with Gasteiger partial charge < -0.3 is 9.26 Å². The van der Waals surface area contributed by atoms with Gasteiger partial charge in [-0.1, -0.05) is 11.2 Å². The van der Waals surface area contributed by atoms with Crippen LogP contribution in [0.5, 0.6) is 5.75 Å². The van der Waals surface area contributed by atoms with Gasteiger partial charge in [-0.15, -0.1) is 0 Å². The first-order valence-corrected chi connectivity index (χ1v) is 7.96. The normalized spacial score (nSPS) is 19.1. The Balaban J connectivity index is 1.75. The van der Waals surface area contributed by atoms with E-state index in [1.54, 1.807) is 7.11 Å². The molecule has 4 nitrogen and oxygen atoms in total. The highest BCUT2D eigenvalue weighted by Crippen LogP contribution is 2.34. The molecule has 1 aromatic heterocycles. The van der Waals surface area contributed by atoms with Gasteiger partial charge in [-0.3, -0.25) is 4.90 Å². The van der Waals surface area contributed by atoms with E-state index in [1.165, 1.54) is 12.0 Å². The highest BCUT2D eigenvalue weighted by atomic mass is 79.9. The predicted octanol–water partition coefficient (Wildman–Crippen LogP) is 4.09. The van der Waals surface area contributed by atoms with Gasteiger partial charge in [0.1, 0.15) is 17.2 Å². The maximum Gasteiger partial charge on any atom is 0.133 e. The molecule has 1 unspecified atom stereocenters. The van der Waals surface area contributed by atoms with Gasteiger partial charge in [-0.2, -0.15) is 0 Å². The topological polar surface area (TPSA) is 38.5 Å². The Kier molecular flexibility index (Phi) is 4.31. The van der Waals surface area contributed by atoms with E-state index in [0.29, 0.717) is 6.04 Å². The molecule has 1 aliphatic rings. The van der Waals surface area contributed by atoms with Crippen LogP contribution in [0.3, 0.4) is 0 Å². The van der Waals surface area contributed by atoms with Crippen molar-refractivity contribution in [3.8, 4) is 5.75 Å². The molecule has 0 N–H and O–H groups in total. The number of hydrogen-bond donors (Lipinski definition) is 0. The van der Waals surface area contributed by atoms with Crippen LogP contribution < -0.4 is 4.74 Å². The monoisotopic (exact) mass is 350 g/mol. The summed E-state index contributed by atoms with van der Waals surface area (Å²) in [5.74, 6) is 1.74. The molecule has 0 amide bonds. The summed E-state index contributed by atoms with van der Waals surface area (Å²) >= 11 is 3.55. The van der Waals surface area contributed by atoms with Gasteiger partial charge >= 0.3 is 0 Å². The quantitative estimate of drug-likeness (QED) is 0.832. The lowest BCUT2D eigenvalue weighted by molar-refractivity contribution is 0.236. The van der Waals surface area contributed by atoms with Gasteiger partial charge in [-0.25, -0.2) is 0 Å². The first-order chi connectivity index (χ1) is 10.2. The Morgan fingerprint density at radius 3 is 2.95 bits per heavy atom. The fourth-order valence-corrected chi connectivity index (χ4v) is 3.52. The molecule has 21 heavy (non-hydrogen) atoms. The minimum absolute atomic E-state index is 0.364. The van der Waals surface area contributed by atoms with Crippen molar-refractivity contribution in [2.45, 2.75) is 32.4 Å². The lowest BCUT2D eigenvalue weighted by Crippen LogP contribution is -2.23. The van der Waals surface area contributed by atoms with Crippen molar-refractivity contribution in [3.63, 3.8) is 0 Å². The third kappa shape index (κ3) is 3.14. The fraction of sp³-hybridized carbons (Fsp3) is 0.438. The molecule has 1 aromatic carbocycles. The molecule has 2 aromatic rings. The van der Waals surface area contributed by atoms with Crippen molar-refractivity contribution in [1.29, 1.82) is 0 Å². The Morgan fingerprint density at radius 2 is 2.29 bits per heavy atom. The number of benzene rings is 1. The number of aromatic nitrogens is 1. The fourth-order valence-electron chi connectivity index (χ4n) is 2.94. The highest BCUT2D eigenvalue weighted by molar-refractivity contribution is 9.10. The summed E-state index contributed by atoms with van der Waals surface area (Å²) in [7, 11) is 1.68. The summed E-state index contributed by atoms with van der Waals surface area (Å²) in [6.45, 7) is 3.95. The molecule has 0 spiro atoms. The zero-order chi connectivity index (χ0) is 14.8. The minimum atomic E-state index is 0.364. The smallest absolute Gasteiger partial charge is 0.133 e. The Labute approximate surface area is 133 Å². The zero-order valence-electron chi connectivity index (χ0n) is 12.3. The van der Waals surface area contributed by atoms with Crippen molar-refractivity contribution in [3.05, 3.63) is 45.8 Å². The average Bonchev–Trinajstić information content (AvgIpc) is 3.08. The summed E-state index contributed by atoms with van der Waals surface area (Å²) < 4.78 is 11.5. The maximum atomic E-state index is 5.28. The number of nitrogens with zero attached hydrogens (tertiary/aromatic N) is 2. The van der Waals surface area contributed by atoms with E-state index in [9.17, 15) is 0 Å². The van der Waals surface area contributed by atoms with E-state index in [0.717, 1.165) is 41.2 Å². The van der Waals surface area contributed by atoms with Crippen LogP contribution in [0.4, 0.5) is 0 Å². The molecule has 1 fully saturated rings. The highest BCUT2D eigenvalue weighted by Gasteiger charge is 2.28. The molecular formula is C16H19BrN2O2. The number of halogens is 1. The number of aryl methyl sites for hydroxylation is 1. The van der Waals surface area contributed by atoms with Crippen LogP contribution in [0.2, 0.25) is 0 Å². The van der Waals surface area contributed by atoms with Crippen LogP contribution in [0.25, 0.3) is 0 Å². The number of rotatable bonds is 4. The van der Waals surface area contributed by atoms with Gasteiger partial charge in [0.15, 0.2) is 0 Å². The van der Waals surface area contributed by atoms with Gasteiger partial charge in [0, 0.05) is 12.6 Å². The summed E-state index contributed by atoms with van der Waals surface area (Å²) in [5, 5.41) is 4.19. The number of methoxy groups -OCH3 is 1. The molecular weight excluding hydrogens is 332 g/mol. The Bertz CT molecular complexity index is 626. The lowest BCUT2D eigenvalue weighted by atomic mass is 10.1. The second-order valence-corrected chi connectivity index (χ2v) is 6.31. The van der Waals surface area contributed by atoms with E-state index >= 15 is 0 Å². The summed E-state index contributed by atoms with van der Waals surface area (Å²) in [5.41, 5.74) is 2.33. The second kappa shape index (κ2) is 6.20. The third-order valence-electron chi connectivity index (χ3n) is 3.95. The van der Waals surface area contributed by atoms with Crippen molar-refractivity contribution in [2.75, 3.05) is 13.7 Å². The van der Waals surface area contributed by atoms with E-state index in [4.69, 9.17) is 9.26 Å². The largest absolute Gasteiger partial charge is 0.496 e. The van der Waals surface area contributed by atoms with Gasteiger partial charge in [0.25, 0.3) is 0 Å².